The van der Waals surface area contributed by atoms with E-state index in [1.165, 1.54) is 6.92 Å². The Morgan fingerprint density at radius 3 is 1.91 bits per heavy atom. The van der Waals surface area contributed by atoms with Gasteiger partial charge in [0.15, 0.2) is 0 Å². The average Bonchev–Trinajstić information content (AvgIpc) is 1.81. The standard InChI is InChI=1S/C6H8O4.Ca/c1-2-4(6(9)10)3-5(7)8;/h3H,2H2,1H3,(H,7,8)(H,9,10);/q;+2/p-2/b4-3-;. The van der Waals surface area contributed by atoms with Gasteiger partial charge in [-0.15, -0.1) is 0 Å². The monoisotopic (exact) mass is 182 g/mol. The van der Waals surface area contributed by atoms with Gasteiger partial charge in [-0.3, -0.25) is 0 Å². The second kappa shape index (κ2) is 6.64. The minimum atomic E-state index is -1.51. The van der Waals surface area contributed by atoms with Crippen LogP contribution in [0, 0.1) is 0 Å². The minimum Gasteiger partial charge on any atom is -0.545 e. The van der Waals surface area contributed by atoms with E-state index in [4.69, 9.17) is 0 Å². The second-order valence-corrected chi connectivity index (χ2v) is 1.63. The van der Waals surface area contributed by atoms with Gasteiger partial charge in [-0.1, -0.05) is 6.92 Å². The molecule has 0 aliphatic carbocycles. The Bertz CT molecular complexity index is 185. The van der Waals surface area contributed by atoms with Gasteiger partial charge < -0.3 is 19.8 Å². The van der Waals surface area contributed by atoms with Crippen LogP contribution >= 0.6 is 0 Å². The van der Waals surface area contributed by atoms with Crippen LogP contribution in [0.5, 0.6) is 0 Å². The van der Waals surface area contributed by atoms with Crippen molar-refractivity contribution in [3.05, 3.63) is 11.6 Å². The van der Waals surface area contributed by atoms with Crippen LogP contribution in [0.2, 0.25) is 0 Å². The summed E-state index contributed by atoms with van der Waals surface area (Å²) in [7, 11) is 0. The number of carbonyl (C=O) groups excluding carboxylic acids is 2. The Labute approximate surface area is 93.9 Å². The number of carboxylic acids is 2. The zero-order valence-electron chi connectivity index (χ0n) is 6.12. The molecule has 0 rings (SSSR count). The van der Waals surface area contributed by atoms with Crippen LogP contribution in [-0.2, 0) is 9.59 Å². The van der Waals surface area contributed by atoms with Crippen molar-refractivity contribution in [3.8, 4) is 0 Å². The van der Waals surface area contributed by atoms with Crippen LogP contribution in [-0.4, -0.2) is 49.7 Å². The number of hydrogen-bond donors (Lipinski definition) is 0. The molecule has 0 aliphatic rings. The van der Waals surface area contributed by atoms with Gasteiger partial charge in [0, 0.05) is 0 Å². The molecule has 0 N–H and O–H groups in total. The molecule has 0 amide bonds. The summed E-state index contributed by atoms with van der Waals surface area (Å²) in [5.74, 6) is -2.98. The maximum atomic E-state index is 10.00. The van der Waals surface area contributed by atoms with Crippen molar-refractivity contribution in [1.82, 2.24) is 0 Å². The Balaban J connectivity index is 0. The largest absolute Gasteiger partial charge is 2.00 e. The molecule has 0 aliphatic heterocycles. The summed E-state index contributed by atoms with van der Waals surface area (Å²) in [5, 5.41) is 19.8. The number of carboxylic acid groups (broad SMARTS) is 2. The van der Waals surface area contributed by atoms with Gasteiger partial charge in [0.25, 0.3) is 0 Å². The Morgan fingerprint density at radius 1 is 1.36 bits per heavy atom. The number of aliphatic carboxylic acids is 2. The summed E-state index contributed by atoms with van der Waals surface area (Å²) in [5.41, 5.74) is -0.264. The molecule has 0 aromatic heterocycles. The minimum absolute atomic E-state index is 0. The first-order valence-electron chi connectivity index (χ1n) is 2.70. The first-order valence-corrected chi connectivity index (χ1v) is 2.70. The molecule has 0 aromatic rings. The third-order valence-corrected chi connectivity index (χ3v) is 0.935. The van der Waals surface area contributed by atoms with Crippen LogP contribution in [0.1, 0.15) is 13.3 Å². The van der Waals surface area contributed by atoms with Crippen molar-refractivity contribution < 1.29 is 19.8 Å². The molecule has 0 unspecified atom stereocenters. The van der Waals surface area contributed by atoms with E-state index in [1.807, 2.05) is 0 Å². The molecular weight excluding hydrogens is 176 g/mol. The molecule has 0 bridgehead atoms. The molecule has 0 radical (unpaired) electrons. The average molecular weight is 182 g/mol. The van der Waals surface area contributed by atoms with Crippen molar-refractivity contribution in [1.29, 1.82) is 0 Å². The summed E-state index contributed by atoms with van der Waals surface area (Å²) >= 11 is 0. The quantitative estimate of drug-likeness (QED) is 0.355. The fourth-order valence-corrected chi connectivity index (χ4v) is 0.448. The topological polar surface area (TPSA) is 80.3 Å². The summed E-state index contributed by atoms with van der Waals surface area (Å²) in [6.45, 7) is 1.52. The molecule has 0 aromatic carbocycles. The van der Waals surface area contributed by atoms with Crippen molar-refractivity contribution in [2.75, 3.05) is 0 Å². The first-order chi connectivity index (χ1) is 4.57. The molecule has 0 saturated carbocycles. The summed E-state index contributed by atoms with van der Waals surface area (Å²) in [4.78, 5) is 19.8. The molecule has 4 nitrogen and oxygen atoms in total. The van der Waals surface area contributed by atoms with Crippen LogP contribution in [0.3, 0.4) is 0 Å². The van der Waals surface area contributed by atoms with Crippen molar-refractivity contribution in [3.63, 3.8) is 0 Å². The van der Waals surface area contributed by atoms with Crippen molar-refractivity contribution in [2.45, 2.75) is 13.3 Å². The summed E-state index contributed by atoms with van der Waals surface area (Å²) in [6.07, 6.45) is 0.644. The molecular formula is C6H6CaO4. The SMILES string of the molecule is CC/C(=C/C(=O)[O-])C(=O)[O-].[Ca+2]. The van der Waals surface area contributed by atoms with E-state index in [2.05, 4.69) is 0 Å². The second-order valence-electron chi connectivity index (χ2n) is 1.63. The van der Waals surface area contributed by atoms with E-state index in [-0.39, 0.29) is 49.7 Å². The van der Waals surface area contributed by atoms with Gasteiger partial charge in [0.2, 0.25) is 0 Å². The normalized spacial score (nSPS) is 10.1. The zero-order chi connectivity index (χ0) is 8.15. The van der Waals surface area contributed by atoms with Gasteiger partial charge in [-0.25, -0.2) is 0 Å². The van der Waals surface area contributed by atoms with Gasteiger partial charge >= 0.3 is 37.7 Å². The molecule has 0 atom stereocenters. The van der Waals surface area contributed by atoms with Gasteiger partial charge in [-0.2, -0.15) is 0 Å². The maximum absolute atomic E-state index is 10.00. The molecule has 0 saturated heterocycles. The summed E-state index contributed by atoms with van der Waals surface area (Å²) in [6, 6.07) is 0. The molecule has 56 valence electrons. The van der Waals surface area contributed by atoms with Gasteiger partial charge in [-0.05, 0) is 18.1 Å². The van der Waals surface area contributed by atoms with E-state index in [0.29, 0.717) is 6.08 Å². The van der Waals surface area contributed by atoms with Crippen LogP contribution in [0.15, 0.2) is 11.6 Å². The molecule has 11 heavy (non-hydrogen) atoms. The van der Waals surface area contributed by atoms with Crippen molar-refractivity contribution >= 4 is 49.7 Å². The van der Waals surface area contributed by atoms with Crippen LogP contribution in [0.4, 0.5) is 0 Å². The van der Waals surface area contributed by atoms with E-state index in [0.717, 1.165) is 0 Å². The maximum Gasteiger partial charge on any atom is 2.00 e. The summed E-state index contributed by atoms with van der Waals surface area (Å²) < 4.78 is 0. The van der Waals surface area contributed by atoms with Gasteiger partial charge in [0.1, 0.15) is 0 Å². The third kappa shape index (κ3) is 6.34. The smallest absolute Gasteiger partial charge is 0.545 e. The van der Waals surface area contributed by atoms with E-state index < -0.39 is 11.9 Å². The van der Waals surface area contributed by atoms with E-state index in [1.54, 1.807) is 0 Å². The fraction of sp³-hybridized carbons (Fsp3) is 0.333. The van der Waals surface area contributed by atoms with Crippen LogP contribution in [0.25, 0.3) is 0 Å². The molecule has 0 heterocycles. The third-order valence-electron chi connectivity index (χ3n) is 0.935. The molecule has 5 heteroatoms. The number of hydrogen-bond acceptors (Lipinski definition) is 4. The Kier molecular flexibility index (Phi) is 8.16. The predicted molar refractivity (Wildman–Crippen MR) is 34.1 cm³/mol. The zero-order valence-corrected chi connectivity index (χ0v) is 8.33. The predicted octanol–water partition coefficient (Wildman–Crippen LogP) is -2.56. The first kappa shape index (κ1) is 13.5. The Morgan fingerprint density at radius 2 is 1.82 bits per heavy atom. The number of carbonyl (C=O) groups is 2. The Hall–Kier alpha value is -0.0603. The fourth-order valence-electron chi connectivity index (χ4n) is 0.448. The van der Waals surface area contributed by atoms with Crippen LogP contribution < -0.4 is 10.2 Å². The number of rotatable bonds is 3. The molecule has 0 fully saturated rings. The van der Waals surface area contributed by atoms with Gasteiger partial charge in [0.05, 0.1) is 11.9 Å². The van der Waals surface area contributed by atoms with E-state index in [9.17, 15) is 19.8 Å². The van der Waals surface area contributed by atoms with Crippen molar-refractivity contribution in [2.24, 2.45) is 0 Å². The molecule has 0 spiro atoms. The van der Waals surface area contributed by atoms with E-state index >= 15 is 0 Å².